The molecule has 1 aliphatic carbocycles. The lowest BCUT2D eigenvalue weighted by molar-refractivity contribution is -0.128. The Hall–Kier alpha value is -1.00. The number of carbonyl (C=O) groups is 2. The van der Waals surface area contributed by atoms with Crippen molar-refractivity contribution >= 4 is 11.6 Å². The van der Waals surface area contributed by atoms with Gasteiger partial charge in [0.1, 0.15) is 11.9 Å². The fraction of sp³-hybridized carbons (Fsp3) is 0.800. The molecule has 4 heteroatoms. The zero-order valence-electron chi connectivity index (χ0n) is 15.2. The summed E-state index contributed by atoms with van der Waals surface area (Å²) in [7, 11) is 0. The van der Waals surface area contributed by atoms with Crippen LogP contribution < -0.4 is 0 Å². The van der Waals surface area contributed by atoms with Crippen molar-refractivity contribution in [3.8, 4) is 0 Å². The predicted octanol–water partition coefficient (Wildman–Crippen LogP) is 3.59. The molecule has 0 spiro atoms. The summed E-state index contributed by atoms with van der Waals surface area (Å²) >= 11 is 0. The minimum absolute atomic E-state index is 0.103. The highest BCUT2D eigenvalue weighted by atomic mass is 16.3. The Bertz CT molecular complexity index is 416. The van der Waals surface area contributed by atoms with E-state index in [1.54, 1.807) is 0 Å². The summed E-state index contributed by atoms with van der Waals surface area (Å²) in [5.74, 6) is -0.395. The van der Waals surface area contributed by atoms with Crippen LogP contribution in [0, 0.1) is 11.8 Å². The number of allylic oxidation sites excluding steroid dienone is 2. The molecular formula is C20H34O4. The Balaban J connectivity index is 2.48. The van der Waals surface area contributed by atoms with Crippen molar-refractivity contribution in [1.29, 1.82) is 0 Å². The molecule has 0 radical (unpaired) electrons. The van der Waals surface area contributed by atoms with Gasteiger partial charge in [0, 0.05) is 18.8 Å². The van der Waals surface area contributed by atoms with Gasteiger partial charge in [-0.05, 0) is 31.6 Å². The number of Topliss-reactive ketones (excluding diaryl/α,β-unsaturated/α-hetero) is 2. The molecular weight excluding hydrogens is 304 g/mol. The van der Waals surface area contributed by atoms with E-state index >= 15 is 0 Å². The number of hydrogen-bond acceptors (Lipinski definition) is 4. The van der Waals surface area contributed by atoms with Crippen LogP contribution in [-0.2, 0) is 9.59 Å². The van der Waals surface area contributed by atoms with Gasteiger partial charge in [-0.1, -0.05) is 51.7 Å². The Morgan fingerprint density at radius 2 is 1.96 bits per heavy atom. The van der Waals surface area contributed by atoms with Gasteiger partial charge in [-0.15, -0.1) is 0 Å². The molecule has 4 atom stereocenters. The van der Waals surface area contributed by atoms with E-state index in [4.69, 9.17) is 0 Å². The van der Waals surface area contributed by atoms with Crippen LogP contribution in [0.1, 0.15) is 78.1 Å². The van der Waals surface area contributed by atoms with Crippen molar-refractivity contribution < 1.29 is 19.8 Å². The highest BCUT2D eigenvalue weighted by Gasteiger charge is 2.40. The van der Waals surface area contributed by atoms with Crippen LogP contribution in [0.15, 0.2) is 12.2 Å². The number of hydrogen-bond donors (Lipinski definition) is 2. The number of aliphatic hydroxyl groups is 2. The first kappa shape index (κ1) is 21.0. The molecule has 1 aliphatic rings. The first-order valence-electron chi connectivity index (χ1n) is 9.57. The maximum absolute atomic E-state index is 12.1. The Morgan fingerprint density at radius 3 is 2.62 bits per heavy atom. The number of aliphatic hydroxyl groups excluding tert-OH is 2. The topological polar surface area (TPSA) is 74.6 Å². The van der Waals surface area contributed by atoms with Gasteiger partial charge in [-0.3, -0.25) is 9.59 Å². The van der Waals surface area contributed by atoms with E-state index in [1.807, 2.05) is 13.0 Å². The number of rotatable bonds is 12. The first-order chi connectivity index (χ1) is 11.5. The minimum atomic E-state index is -0.897. The van der Waals surface area contributed by atoms with Crippen LogP contribution in [0.5, 0.6) is 0 Å². The van der Waals surface area contributed by atoms with Crippen molar-refractivity contribution in [2.24, 2.45) is 11.8 Å². The summed E-state index contributed by atoms with van der Waals surface area (Å²) in [5.41, 5.74) is 0. The average molecular weight is 338 g/mol. The number of carbonyl (C=O) groups excluding carboxylic acids is 2. The second-order valence-corrected chi connectivity index (χ2v) is 7.02. The fourth-order valence-corrected chi connectivity index (χ4v) is 3.43. The van der Waals surface area contributed by atoms with E-state index < -0.39 is 12.2 Å². The quantitative estimate of drug-likeness (QED) is 0.421. The SMILES string of the molecule is CCCC/C=C/CC1C(=O)CC(O)C1CCC(=O)C(O)CCCC. The molecule has 0 bridgehead atoms. The highest BCUT2D eigenvalue weighted by molar-refractivity contribution is 5.85. The Kier molecular flexibility index (Phi) is 10.1. The maximum Gasteiger partial charge on any atom is 0.161 e. The summed E-state index contributed by atoms with van der Waals surface area (Å²) in [6, 6.07) is 0. The fourth-order valence-electron chi connectivity index (χ4n) is 3.43. The molecule has 0 aromatic heterocycles. The van der Waals surface area contributed by atoms with Gasteiger partial charge in [0.25, 0.3) is 0 Å². The van der Waals surface area contributed by atoms with Gasteiger partial charge >= 0.3 is 0 Å². The molecule has 0 aromatic carbocycles. The third-order valence-corrected chi connectivity index (χ3v) is 5.04. The summed E-state index contributed by atoms with van der Waals surface area (Å²) in [5, 5.41) is 20.0. The molecule has 0 heterocycles. The van der Waals surface area contributed by atoms with Crippen molar-refractivity contribution in [3.63, 3.8) is 0 Å². The van der Waals surface area contributed by atoms with Crippen LogP contribution in [0.3, 0.4) is 0 Å². The summed E-state index contributed by atoms with van der Waals surface area (Å²) in [6.07, 6.45) is 9.80. The van der Waals surface area contributed by atoms with Crippen LogP contribution in [0.2, 0.25) is 0 Å². The van der Waals surface area contributed by atoms with Crippen molar-refractivity contribution in [2.45, 2.75) is 90.3 Å². The zero-order chi connectivity index (χ0) is 17.9. The average Bonchev–Trinajstić information content (AvgIpc) is 2.83. The largest absolute Gasteiger partial charge is 0.392 e. The van der Waals surface area contributed by atoms with Crippen molar-refractivity contribution in [1.82, 2.24) is 0 Å². The lowest BCUT2D eigenvalue weighted by atomic mass is 9.86. The number of ketones is 2. The normalized spacial score (nSPS) is 25.5. The second kappa shape index (κ2) is 11.5. The van der Waals surface area contributed by atoms with Gasteiger partial charge in [0.15, 0.2) is 5.78 Å². The third kappa shape index (κ3) is 6.86. The Labute approximate surface area is 146 Å². The molecule has 1 fully saturated rings. The monoisotopic (exact) mass is 338 g/mol. The third-order valence-electron chi connectivity index (χ3n) is 5.04. The van der Waals surface area contributed by atoms with Crippen LogP contribution in [-0.4, -0.2) is 34.0 Å². The number of unbranched alkanes of at least 4 members (excludes halogenated alkanes) is 3. The van der Waals surface area contributed by atoms with Crippen molar-refractivity contribution in [2.75, 3.05) is 0 Å². The molecule has 0 saturated heterocycles. The molecule has 1 saturated carbocycles. The summed E-state index contributed by atoms with van der Waals surface area (Å²) in [4.78, 5) is 24.1. The van der Waals surface area contributed by atoms with Gasteiger partial charge in [-0.25, -0.2) is 0 Å². The van der Waals surface area contributed by atoms with E-state index in [1.165, 1.54) is 0 Å². The summed E-state index contributed by atoms with van der Waals surface area (Å²) < 4.78 is 0. The van der Waals surface area contributed by atoms with Crippen LogP contribution in [0.4, 0.5) is 0 Å². The van der Waals surface area contributed by atoms with E-state index in [0.717, 1.165) is 32.1 Å². The molecule has 0 aliphatic heterocycles. The predicted molar refractivity (Wildman–Crippen MR) is 95.7 cm³/mol. The first-order valence-corrected chi connectivity index (χ1v) is 9.57. The van der Waals surface area contributed by atoms with E-state index in [2.05, 4.69) is 13.0 Å². The van der Waals surface area contributed by atoms with Gasteiger partial charge in [0.2, 0.25) is 0 Å². The molecule has 0 amide bonds. The Morgan fingerprint density at radius 1 is 1.25 bits per heavy atom. The second-order valence-electron chi connectivity index (χ2n) is 7.02. The standard InChI is InChI=1S/C20H34O4/c1-3-5-7-8-9-10-15-16(20(24)14-19(15)23)12-13-18(22)17(21)11-6-4-2/h8-9,15-17,20-21,24H,3-7,10-14H2,1-2H3/b9-8+. The molecule has 2 N–H and O–H groups in total. The lowest BCUT2D eigenvalue weighted by Crippen LogP contribution is -2.25. The molecule has 4 nitrogen and oxygen atoms in total. The van der Waals surface area contributed by atoms with Crippen molar-refractivity contribution in [3.05, 3.63) is 12.2 Å². The summed E-state index contributed by atoms with van der Waals surface area (Å²) in [6.45, 7) is 4.17. The smallest absolute Gasteiger partial charge is 0.161 e. The molecule has 138 valence electrons. The molecule has 1 rings (SSSR count). The van der Waals surface area contributed by atoms with E-state index in [-0.39, 0.29) is 36.2 Å². The lowest BCUT2D eigenvalue weighted by Gasteiger charge is -2.20. The minimum Gasteiger partial charge on any atom is -0.392 e. The van der Waals surface area contributed by atoms with E-state index in [9.17, 15) is 19.8 Å². The molecule has 0 aromatic rings. The van der Waals surface area contributed by atoms with E-state index in [0.29, 0.717) is 19.3 Å². The zero-order valence-corrected chi connectivity index (χ0v) is 15.2. The van der Waals surface area contributed by atoms with Crippen LogP contribution >= 0.6 is 0 Å². The maximum atomic E-state index is 12.1. The van der Waals surface area contributed by atoms with Crippen LogP contribution in [0.25, 0.3) is 0 Å². The molecule has 24 heavy (non-hydrogen) atoms. The van der Waals surface area contributed by atoms with Gasteiger partial charge in [0.05, 0.1) is 6.10 Å². The van der Waals surface area contributed by atoms with Gasteiger partial charge in [-0.2, -0.15) is 0 Å². The highest BCUT2D eigenvalue weighted by Crippen LogP contribution is 2.35. The molecule has 4 unspecified atom stereocenters. The van der Waals surface area contributed by atoms with Gasteiger partial charge < -0.3 is 10.2 Å².